The molecular weight excluding hydrogens is 1040 g/mol. The molecule has 0 unspecified atom stereocenters. The maximum Gasteiger partial charge on any atom is 0.0911 e. The Morgan fingerprint density at radius 1 is 0.357 bits per heavy atom. The lowest BCUT2D eigenvalue weighted by atomic mass is 10.1. The van der Waals surface area contributed by atoms with Crippen molar-refractivity contribution in [3.8, 4) is 0 Å². The number of hydrogen-bond donors (Lipinski definition) is 8. The predicted molar refractivity (Wildman–Crippen MR) is 361 cm³/mol. The second-order valence-electron chi connectivity index (χ2n) is 26.6. The summed E-state index contributed by atoms with van der Waals surface area (Å²) in [6.07, 6.45) is 19.5. The van der Waals surface area contributed by atoms with Gasteiger partial charge in [-0.3, -0.25) is 0 Å². The quantitative estimate of drug-likeness (QED) is 0.0151. The number of anilines is 4. The van der Waals surface area contributed by atoms with E-state index in [1.54, 1.807) is 0 Å². The number of nitrogens with one attached hydrogen (secondary N) is 4. The van der Waals surface area contributed by atoms with E-state index in [4.69, 9.17) is 22.9 Å². The van der Waals surface area contributed by atoms with E-state index in [1.807, 2.05) is 48.5 Å². The van der Waals surface area contributed by atoms with E-state index in [0.717, 1.165) is 138 Å². The number of nitrogen functional groups attached to an aromatic ring is 4. The van der Waals surface area contributed by atoms with Gasteiger partial charge in [0.2, 0.25) is 0 Å². The summed E-state index contributed by atoms with van der Waals surface area (Å²) in [5, 5.41) is 18.8. The average Bonchev–Trinajstić information content (AvgIpc) is 4.46. The minimum absolute atomic E-state index is 0.856. The first-order valence-corrected chi connectivity index (χ1v) is 31.7. The molecule has 2 aliphatic rings. The normalized spacial score (nSPS) is 15.1. The maximum absolute atomic E-state index is 6.02. The fourth-order valence-corrected chi connectivity index (χ4v) is 12.1. The van der Waals surface area contributed by atoms with Crippen LogP contribution in [0, 0.1) is 0 Å². The van der Waals surface area contributed by atoms with Crippen LogP contribution in [-0.4, -0.2) is 197 Å². The molecule has 460 valence electrons. The second-order valence-corrected chi connectivity index (χ2v) is 26.6. The van der Waals surface area contributed by atoms with E-state index in [-0.39, 0.29) is 0 Å². The minimum Gasteiger partial charge on any atom is -0.398 e. The van der Waals surface area contributed by atoms with Crippen LogP contribution in [0.15, 0.2) is 122 Å². The Kier molecular flexibility index (Phi) is 24.8. The van der Waals surface area contributed by atoms with Gasteiger partial charge in [0.15, 0.2) is 0 Å². The van der Waals surface area contributed by atoms with E-state index >= 15 is 0 Å². The Labute approximate surface area is 505 Å². The number of fused-ring (bicyclic) bond motifs is 4. The second kappa shape index (κ2) is 31.9. The zero-order valence-electron chi connectivity index (χ0n) is 53.2. The van der Waals surface area contributed by atoms with E-state index in [0.29, 0.717) is 0 Å². The first kappa shape index (κ1) is 65.5. The van der Waals surface area contributed by atoms with Crippen LogP contribution in [0.2, 0.25) is 0 Å². The summed E-state index contributed by atoms with van der Waals surface area (Å²) in [5.74, 6) is 0. The molecule has 0 aliphatic carbocycles. The molecule has 0 bridgehead atoms. The fourth-order valence-electron chi connectivity index (χ4n) is 12.1. The van der Waals surface area contributed by atoms with Gasteiger partial charge in [0, 0.05) is 160 Å². The van der Waals surface area contributed by atoms with Crippen LogP contribution >= 0.6 is 0 Å². The molecule has 0 amide bonds. The third-order valence-electron chi connectivity index (χ3n) is 17.3. The molecule has 0 radical (unpaired) electrons. The summed E-state index contributed by atoms with van der Waals surface area (Å²) in [6, 6.07) is 32.9. The van der Waals surface area contributed by atoms with E-state index in [2.05, 4.69) is 169 Å². The molecule has 4 aromatic heterocycles. The van der Waals surface area contributed by atoms with Gasteiger partial charge in [-0.1, -0.05) is 24.3 Å². The van der Waals surface area contributed by atoms with Crippen LogP contribution in [-0.2, 0) is 26.2 Å². The molecule has 4 aromatic carbocycles. The Morgan fingerprint density at radius 3 is 1.01 bits per heavy atom. The van der Waals surface area contributed by atoms with Gasteiger partial charge in [0.05, 0.1) is 131 Å². The summed E-state index contributed by atoms with van der Waals surface area (Å²) in [7, 11) is 18.2. The number of piperidine rings is 2. The topological polar surface area (TPSA) is 172 Å². The van der Waals surface area contributed by atoms with E-state index in [1.165, 1.54) is 128 Å². The molecule has 2 saturated heterocycles. The molecule has 8 aromatic rings. The number of likely N-dealkylation sites (tertiary alicyclic amines) is 2. The highest BCUT2D eigenvalue weighted by Crippen LogP contribution is 2.25. The molecular formula is C68H112N16+4. The van der Waals surface area contributed by atoms with Crippen molar-refractivity contribution in [1.82, 2.24) is 39.5 Å². The lowest BCUT2D eigenvalue weighted by Crippen LogP contribution is -2.51. The summed E-state index contributed by atoms with van der Waals surface area (Å²) in [5.41, 5.74) is 32.3. The van der Waals surface area contributed by atoms with Gasteiger partial charge in [-0.25, -0.2) is 0 Å². The molecule has 2 fully saturated rings. The van der Waals surface area contributed by atoms with Gasteiger partial charge in [-0.2, -0.15) is 0 Å². The zero-order chi connectivity index (χ0) is 60.0. The Bertz CT molecular complexity index is 3170. The van der Waals surface area contributed by atoms with Crippen molar-refractivity contribution in [1.29, 1.82) is 0 Å². The van der Waals surface area contributed by atoms with Crippen LogP contribution in [0.3, 0.4) is 0 Å². The Morgan fingerprint density at radius 2 is 0.667 bits per heavy atom. The van der Waals surface area contributed by atoms with Gasteiger partial charge in [0.25, 0.3) is 0 Å². The first-order chi connectivity index (χ1) is 40.3. The van der Waals surface area contributed by atoms with E-state index in [9.17, 15) is 0 Å². The third kappa shape index (κ3) is 20.6. The number of rotatable bonds is 26. The number of aromatic nitrogens is 4. The minimum atomic E-state index is 0.856. The average molecular weight is 1150 g/mol. The van der Waals surface area contributed by atoms with Gasteiger partial charge in [-0.15, -0.1) is 0 Å². The lowest BCUT2D eigenvalue weighted by Gasteiger charge is -2.37. The summed E-state index contributed by atoms with van der Waals surface area (Å²) in [6.45, 7) is 22.7. The smallest absolute Gasteiger partial charge is 0.0911 e. The van der Waals surface area contributed by atoms with Gasteiger partial charge >= 0.3 is 0 Å². The van der Waals surface area contributed by atoms with Crippen molar-refractivity contribution in [2.24, 2.45) is 0 Å². The predicted octanol–water partition coefficient (Wildman–Crippen LogP) is 8.71. The van der Waals surface area contributed by atoms with Crippen molar-refractivity contribution < 1.29 is 17.9 Å². The highest BCUT2D eigenvalue weighted by molar-refractivity contribution is 5.93. The third-order valence-corrected chi connectivity index (χ3v) is 17.3. The molecule has 84 heavy (non-hydrogen) atoms. The molecule has 16 heteroatoms. The number of quaternary nitrogens is 4. The van der Waals surface area contributed by atoms with Crippen LogP contribution in [0.25, 0.3) is 43.6 Å². The van der Waals surface area contributed by atoms with Crippen molar-refractivity contribution in [3.05, 3.63) is 122 Å². The molecule has 10 rings (SSSR count). The van der Waals surface area contributed by atoms with Crippen molar-refractivity contribution in [2.75, 3.05) is 184 Å². The number of hydrogen-bond acceptors (Lipinski definition) is 8. The number of benzene rings is 4. The molecule has 0 atom stereocenters. The standard InChI is InChI=1S/C19H31N4.C18H29N4.C16H27N4.C15H25N4/c1-23(14-3-2-4-15-23)16-6-10-21-11-13-22-12-9-17-18(20)7-5-8-19(17)22;1-22(13-3-2-4-14-22)15-10-20-9-12-21-11-8-16-17(19)6-5-7-18(16)21;1-20(2,3)13-5-9-18-10-12-19-11-8-14-15(17)6-4-7-16(14)19;1-19(2,3)12-9-17-8-11-18-10-7-13-14(16)5-4-6-15(13)18/h5,7-9,12,21H,2-4,6,10-11,13-16,20H2,1H3;5-8,11,20H,2-4,9-10,12-15,19H2,1H3;4,6-8,11,18H,5,9-10,12-13,17H2,1-3H3;4-7,10,17H,8-9,11-12,16H2,1-3H3/q4*+1. The fraction of sp³-hybridized carbons (Fsp3) is 0.529. The van der Waals surface area contributed by atoms with Crippen molar-refractivity contribution in [2.45, 2.75) is 77.5 Å². The van der Waals surface area contributed by atoms with Gasteiger partial charge < -0.3 is 80.4 Å². The van der Waals surface area contributed by atoms with Crippen LogP contribution in [0.1, 0.15) is 51.4 Å². The highest BCUT2D eigenvalue weighted by atomic mass is 15.3. The largest absolute Gasteiger partial charge is 0.398 e. The Hall–Kier alpha value is -6.08. The monoisotopic (exact) mass is 1150 g/mol. The van der Waals surface area contributed by atoms with Crippen molar-refractivity contribution in [3.63, 3.8) is 0 Å². The van der Waals surface area contributed by atoms with Gasteiger partial charge in [-0.05, 0) is 111 Å². The molecule has 0 spiro atoms. The summed E-state index contributed by atoms with van der Waals surface area (Å²) >= 11 is 0. The van der Waals surface area contributed by atoms with Crippen LogP contribution < -0.4 is 44.2 Å². The van der Waals surface area contributed by atoms with Crippen LogP contribution in [0.5, 0.6) is 0 Å². The summed E-state index contributed by atoms with van der Waals surface area (Å²) in [4.78, 5) is 0. The van der Waals surface area contributed by atoms with E-state index < -0.39 is 0 Å². The van der Waals surface area contributed by atoms with Crippen LogP contribution in [0.4, 0.5) is 22.7 Å². The lowest BCUT2D eigenvalue weighted by molar-refractivity contribution is -0.914. The molecule has 6 heterocycles. The maximum atomic E-state index is 6.02. The number of nitrogens with two attached hydrogens (primary N) is 4. The molecule has 16 nitrogen and oxygen atoms in total. The number of nitrogens with zero attached hydrogens (tertiary/aromatic N) is 8. The molecule has 12 N–H and O–H groups in total. The zero-order valence-corrected chi connectivity index (χ0v) is 53.2. The Balaban J connectivity index is 0.000000161. The highest BCUT2D eigenvalue weighted by Gasteiger charge is 2.25. The molecule has 2 aliphatic heterocycles. The van der Waals surface area contributed by atoms with Crippen molar-refractivity contribution >= 4 is 66.4 Å². The summed E-state index contributed by atoms with van der Waals surface area (Å²) < 4.78 is 13.6. The number of likely N-dealkylation sites (N-methyl/N-ethyl adjacent to an activating group) is 2. The molecule has 0 saturated carbocycles. The SMILES string of the molecule is C[N+](C)(C)CCCNCCn1ccc2c(N)cccc21.C[N+](C)(C)CCNCCn1ccc2c(N)cccc21.C[N+]1(CCCNCCn2ccc3c(N)cccc32)CCCCC1.C[N+]1(CCNCCn2ccc3c(N)cccc32)CCCCC1. The first-order valence-electron chi connectivity index (χ1n) is 31.7. The van der Waals surface area contributed by atoms with Gasteiger partial charge in [0.1, 0.15) is 0 Å².